The summed E-state index contributed by atoms with van der Waals surface area (Å²) in [6.07, 6.45) is 2.86. The van der Waals surface area contributed by atoms with E-state index in [1.807, 2.05) is 0 Å². The predicted octanol–water partition coefficient (Wildman–Crippen LogP) is 1.29. The number of amides is 1. The van der Waals surface area contributed by atoms with Gasteiger partial charge >= 0.3 is 21.1 Å². The van der Waals surface area contributed by atoms with Crippen LogP contribution in [0.4, 0.5) is 0 Å². The molecule has 1 unspecified atom stereocenters. The van der Waals surface area contributed by atoms with Gasteiger partial charge in [0, 0.05) is 38.8 Å². The van der Waals surface area contributed by atoms with Gasteiger partial charge in [-0.05, 0) is 6.42 Å². The van der Waals surface area contributed by atoms with Crippen molar-refractivity contribution in [2.45, 2.75) is 25.3 Å². The Hall–Kier alpha value is 1.22. The van der Waals surface area contributed by atoms with E-state index in [9.17, 15) is 4.79 Å². The van der Waals surface area contributed by atoms with Crippen LogP contribution in [0.5, 0.6) is 0 Å². The second kappa shape index (κ2) is 13.2. The van der Waals surface area contributed by atoms with Crippen LogP contribution in [0.1, 0.15) is 19.3 Å². The van der Waals surface area contributed by atoms with E-state index in [-0.39, 0.29) is 80.6 Å². The number of rotatable bonds is 0. The quantitative estimate of drug-likeness (QED) is 0.590. The van der Waals surface area contributed by atoms with Crippen LogP contribution in [0.3, 0.4) is 0 Å². The molecule has 1 aliphatic heterocycles. The van der Waals surface area contributed by atoms with Crippen molar-refractivity contribution in [1.29, 1.82) is 0 Å². The average molecular weight is 430 g/mol. The minimum atomic E-state index is -0.313. The zero-order valence-corrected chi connectivity index (χ0v) is 14.1. The summed E-state index contributed by atoms with van der Waals surface area (Å²) < 4.78 is 0. The predicted molar refractivity (Wildman–Crippen MR) is 47.9 cm³/mol. The summed E-state index contributed by atoms with van der Waals surface area (Å²) in [6.45, 7) is 0.673. The van der Waals surface area contributed by atoms with Gasteiger partial charge in [-0.15, -0.1) is 6.54 Å². The van der Waals surface area contributed by atoms with Crippen LogP contribution < -0.4 is 5.73 Å². The van der Waals surface area contributed by atoms with Crippen LogP contribution in [0.2, 0.25) is 0 Å². The molecule has 1 aliphatic rings. The van der Waals surface area contributed by atoms with Gasteiger partial charge in [0.2, 0.25) is 0 Å². The standard InChI is InChI=1S/C6H12N2O.2CH3.W.Y/c7-5-3-1-2-4-8-6(5)9;;;;/h5H,1-4,7H2,(H,8,9);2*1H3;;/q;2*-1;+2;/p-1. The molecular weight excluding hydrogens is 413 g/mol. The van der Waals surface area contributed by atoms with Crippen LogP contribution in [-0.4, -0.2) is 18.5 Å². The van der Waals surface area contributed by atoms with E-state index < -0.39 is 0 Å². The molecular formula is C8H17N2OWY-. The van der Waals surface area contributed by atoms with Crippen LogP contribution in [0.15, 0.2) is 0 Å². The molecule has 75 valence electrons. The van der Waals surface area contributed by atoms with Crippen LogP contribution in [-0.2, 0) is 58.6 Å². The van der Waals surface area contributed by atoms with Crippen LogP contribution in [0.25, 0.3) is 5.32 Å². The number of hydrogen-bond donors (Lipinski definition) is 1. The topological polar surface area (TPSA) is 57.2 Å². The summed E-state index contributed by atoms with van der Waals surface area (Å²) >= 11 is 0. The first-order valence-electron chi connectivity index (χ1n) is 3.27. The Kier molecular flexibility index (Phi) is 24.2. The molecule has 2 N–H and O–H groups in total. The van der Waals surface area contributed by atoms with E-state index >= 15 is 0 Å². The van der Waals surface area contributed by atoms with E-state index in [4.69, 9.17) is 5.73 Å². The van der Waals surface area contributed by atoms with Gasteiger partial charge in [-0.3, -0.25) is 0 Å². The maximum atomic E-state index is 10.7. The van der Waals surface area contributed by atoms with Gasteiger partial charge in [0.1, 0.15) is 0 Å². The molecule has 0 bridgehead atoms. The van der Waals surface area contributed by atoms with Gasteiger partial charge in [0.25, 0.3) is 0 Å². The van der Waals surface area contributed by atoms with Gasteiger partial charge in [-0.25, -0.2) is 0 Å². The molecule has 1 saturated heterocycles. The van der Waals surface area contributed by atoms with E-state index in [0.717, 1.165) is 19.3 Å². The smallest absolute Gasteiger partial charge is 0.652 e. The zero-order valence-electron chi connectivity index (χ0n) is 8.32. The van der Waals surface area contributed by atoms with Crippen molar-refractivity contribution < 1.29 is 58.6 Å². The molecule has 0 spiro atoms. The molecule has 0 aromatic rings. The molecule has 1 fully saturated rings. The molecule has 0 aliphatic carbocycles. The Morgan fingerprint density at radius 3 is 2.38 bits per heavy atom. The Balaban J connectivity index is -0.000000101. The van der Waals surface area contributed by atoms with Gasteiger partial charge in [0.05, 0.1) is 5.91 Å². The first-order chi connectivity index (χ1) is 4.30. The van der Waals surface area contributed by atoms with Crippen molar-refractivity contribution in [2.24, 2.45) is 5.73 Å². The second-order valence-electron chi connectivity index (χ2n) is 2.32. The molecule has 0 aromatic carbocycles. The maximum Gasteiger partial charge on any atom is 2.00 e. The average Bonchev–Trinajstić information content (AvgIpc) is 1.99. The molecule has 5 heteroatoms. The Morgan fingerprint density at radius 2 is 1.85 bits per heavy atom. The third-order valence-corrected chi connectivity index (χ3v) is 1.51. The fraction of sp³-hybridized carbons (Fsp3) is 0.625. The second-order valence-corrected chi connectivity index (χ2v) is 2.32. The molecule has 1 atom stereocenters. The summed E-state index contributed by atoms with van der Waals surface area (Å²) in [7, 11) is 0. The Labute approximate surface area is 121 Å². The number of hydrogen-bond acceptors (Lipinski definition) is 2. The molecule has 0 aromatic heterocycles. The summed E-state index contributed by atoms with van der Waals surface area (Å²) in [5, 5.41) is 3.74. The monoisotopic (exact) mass is 430 g/mol. The van der Waals surface area contributed by atoms with Crippen LogP contribution >= 0.6 is 0 Å². The third kappa shape index (κ3) is 9.52. The largest absolute Gasteiger partial charge is 2.00 e. The summed E-state index contributed by atoms with van der Waals surface area (Å²) in [5.74, 6) is -0.118. The molecule has 3 nitrogen and oxygen atoms in total. The van der Waals surface area contributed by atoms with Crippen molar-refractivity contribution in [1.82, 2.24) is 0 Å². The normalized spacial score (nSPS) is 20.1. The first-order valence-corrected chi connectivity index (χ1v) is 3.27. The Morgan fingerprint density at radius 1 is 1.31 bits per heavy atom. The molecule has 1 rings (SSSR count). The molecule has 1 amide bonds. The van der Waals surface area contributed by atoms with Gasteiger partial charge in [0.15, 0.2) is 0 Å². The molecule has 13 heavy (non-hydrogen) atoms. The van der Waals surface area contributed by atoms with Crippen molar-refractivity contribution in [3.05, 3.63) is 20.2 Å². The molecule has 1 heterocycles. The Bertz CT molecular complexity index is 125. The third-order valence-electron chi connectivity index (χ3n) is 1.51. The number of carbonyl (C=O) groups is 1. The van der Waals surface area contributed by atoms with Crippen molar-refractivity contribution in [3.8, 4) is 0 Å². The first kappa shape index (κ1) is 23.8. The van der Waals surface area contributed by atoms with E-state index in [1.165, 1.54) is 0 Å². The number of nitrogens with zero attached hydrogens (tertiary/aromatic N) is 1. The number of nitrogens with two attached hydrogens (primary N) is 1. The van der Waals surface area contributed by atoms with E-state index in [1.54, 1.807) is 0 Å². The van der Waals surface area contributed by atoms with Gasteiger partial charge < -0.3 is 30.7 Å². The van der Waals surface area contributed by atoms with Crippen molar-refractivity contribution in [3.63, 3.8) is 0 Å². The fourth-order valence-electron chi connectivity index (χ4n) is 0.906. The van der Waals surface area contributed by atoms with Crippen molar-refractivity contribution >= 4 is 5.91 Å². The molecule has 1 radical (unpaired) electrons. The number of carbonyl (C=O) groups excluding carboxylic acids is 1. The van der Waals surface area contributed by atoms with Crippen LogP contribution in [0, 0.1) is 14.9 Å². The SMILES string of the molecule is NC1CCCC[N-]C1=O.[CH3-].[CH3-].[W+2].[Y]. The summed E-state index contributed by atoms with van der Waals surface area (Å²) in [4.78, 5) is 10.7. The minimum absolute atomic E-state index is 0. The van der Waals surface area contributed by atoms with E-state index in [0.29, 0.717) is 6.54 Å². The van der Waals surface area contributed by atoms with Gasteiger partial charge in [-0.1, -0.05) is 12.8 Å². The van der Waals surface area contributed by atoms with Gasteiger partial charge in [-0.2, -0.15) is 0 Å². The van der Waals surface area contributed by atoms with E-state index in [2.05, 4.69) is 5.32 Å². The zero-order chi connectivity index (χ0) is 6.69. The minimum Gasteiger partial charge on any atom is -0.652 e. The summed E-state index contributed by atoms with van der Waals surface area (Å²) in [5.41, 5.74) is 5.43. The van der Waals surface area contributed by atoms with Crippen molar-refractivity contribution in [2.75, 3.05) is 6.54 Å². The molecule has 0 saturated carbocycles. The fourth-order valence-corrected chi connectivity index (χ4v) is 0.906. The maximum absolute atomic E-state index is 10.7. The summed E-state index contributed by atoms with van der Waals surface area (Å²) in [6, 6.07) is -0.313.